The molecule has 0 aliphatic carbocycles. The summed E-state index contributed by atoms with van der Waals surface area (Å²) in [5, 5.41) is 7.73. The Morgan fingerprint density at radius 2 is 2.14 bits per heavy atom. The van der Waals surface area contributed by atoms with Crippen molar-refractivity contribution in [1.82, 2.24) is 20.0 Å². The fourth-order valence-corrected chi connectivity index (χ4v) is 2.83. The molecular formula is C14H23F3N4. The van der Waals surface area contributed by atoms with Gasteiger partial charge in [0.1, 0.15) is 0 Å². The highest BCUT2D eigenvalue weighted by Gasteiger charge is 2.34. The van der Waals surface area contributed by atoms with Crippen molar-refractivity contribution in [3.63, 3.8) is 0 Å². The van der Waals surface area contributed by atoms with Gasteiger partial charge < -0.3 is 5.32 Å². The Bertz CT molecular complexity index is 456. The topological polar surface area (TPSA) is 33.1 Å². The molecule has 7 heteroatoms. The number of alkyl halides is 3. The van der Waals surface area contributed by atoms with Crippen molar-refractivity contribution in [1.29, 1.82) is 0 Å². The molecule has 0 spiro atoms. The molecule has 0 aromatic carbocycles. The minimum atomic E-state index is -4.09. The molecule has 0 saturated carbocycles. The Morgan fingerprint density at radius 1 is 1.38 bits per heavy atom. The molecule has 1 atom stereocenters. The zero-order valence-corrected chi connectivity index (χ0v) is 12.6. The lowest BCUT2D eigenvalue weighted by Crippen LogP contribution is -2.37. The summed E-state index contributed by atoms with van der Waals surface area (Å²) in [6, 6.07) is 2.21. The summed E-state index contributed by atoms with van der Waals surface area (Å²) in [4.78, 5) is 1.47. The first-order valence-corrected chi connectivity index (χ1v) is 7.37. The van der Waals surface area contributed by atoms with E-state index >= 15 is 0 Å². The molecule has 1 aromatic heterocycles. The van der Waals surface area contributed by atoms with Gasteiger partial charge in [0.05, 0.1) is 12.2 Å². The van der Waals surface area contributed by atoms with Crippen molar-refractivity contribution < 1.29 is 13.2 Å². The fourth-order valence-electron chi connectivity index (χ4n) is 2.83. The van der Waals surface area contributed by atoms with E-state index in [-0.39, 0.29) is 6.04 Å². The minimum absolute atomic E-state index is 0.174. The van der Waals surface area contributed by atoms with Crippen molar-refractivity contribution in [2.45, 2.75) is 45.5 Å². The second-order valence-electron chi connectivity index (χ2n) is 5.79. The highest BCUT2D eigenvalue weighted by Crippen LogP contribution is 2.19. The average Bonchev–Trinajstić information content (AvgIpc) is 2.90. The van der Waals surface area contributed by atoms with E-state index in [9.17, 15) is 13.2 Å². The van der Waals surface area contributed by atoms with Gasteiger partial charge in [0.25, 0.3) is 0 Å². The Hall–Kier alpha value is -1.08. The normalized spacial score (nSPS) is 20.3. The summed E-state index contributed by atoms with van der Waals surface area (Å²) in [6.07, 6.45) is -2.38. The van der Waals surface area contributed by atoms with Crippen molar-refractivity contribution in [3.8, 4) is 0 Å². The molecule has 2 rings (SSSR count). The van der Waals surface area contributed by atoms with Crippen LogP contribution in [0.25, 0.3) is 0 Å². The maximum absolute atomic E-state index is 12.3. The summed E-state index contributed by atoms with van der Waals surface area (Å²) in [7, 11) is 0. The van der Waals surface area contributed by atoms with Gasteiger partial charge in [0, 0.05) is 31.4 Å². The van der Waals surface area contributed by atoms with E-state index in [0.29, 0.717) is 13.1 Å². The van der Waals surface area contributed by atoms with E-state index in [1.165, 1.54) is 4.90 Å². The summed E-state index contributed by atoms with van der Waals surface area (Å²) in [5.41, 5.74) is 2.16. The molecule has 1 aliphatic rings. The zero-order valence-electron chi connectivity index (χ0n) is 12.6. The molecule has 4 nitrogen and oxygen atoms in total. The van der Waals surface area contributed by atoms with Crippen LogP contribution in [0, 0.1) is 13.8 Å². The van der Waals surface area contributed by atoms with Gasteiger partial charge in [-0.3, -0.25) is 9.58 Å². The number of nitrogens with one attached hydrogen (secondary N) is 1. The first-order chi connectivity index (χ1) is 9.83. The molecule has 0 amide bonds. The number of hydrogen-bond donors (Lipinski definition) is 1. The van der Waals surface area contributed by atoms with Crippen molar-refractivity contribution in [3.05, 3.63) is 17.5 Å². The second-order valence-corrected chi connectivity index (χ2v) is 5.79. The zero-order chi connectivity index (χ0) is 15.5. The van der Waals surface area contributed by atoms with Crippen LogP contribution in [0.3, 0.4) is 0 Å². The van der Waals surface area contributed by atoms with Gasteiger partial charge in [-0.1, -0.05) is 0 Å². The Morgan fingerprint density at radius 3 is 2.76 bits per heavy atom. The van der Waals surface area contributed by atoms with E-state index in [1.54, 1.807) is 0 Å². The van der Waals surface area contributed by atoms with Gasteiger partial charge in [-0.05, 0) is 39.3 Å². The lowest BCUT2D eigenvalue weighted by Gasteiger charge is -2.18. The Labute approximate surface area is 123 Å². The van der Waals surface area contributed by atoms with Crippen molar-refractivity contribution in [2.75, 3.05) is 26.2 Å². The summed E-state index contributed by atoms with van der Waals surface area (Å²) in [5.74, 6) is 0. The first-order valence-electron chi connectivity index (χ1n) is 7.37. The first kappa shape index (κ1) is 16.3. The largest absolute Gasteiger partial charge is 0.401 e. The predicted molar refractivity (Wildman–Crippen MR) is 75.2 cm³/mol. The predicted octanol–water partition coefficient (Wildman–Crippen LogP) is 2.12. The van der Waals surface area contributed by atoms with Gasteiger partial charge in [-0.2, -0.15) is 18.3 Å². The number of likely N-dealkylation sites (tertiary alicyclic amines) is 1. The van der Waals surface area contributed by atoms with Gasteiger partial charge in [0.15, 0.2) is 0 Å². The third kappa shape index (κ3) is 5.32. The second kappa shape index (κ2) is 6.79. The summed E-state index contributed by atoms with van der Waals surface area (Å²) >= 11 is 0. The van der Waals surface area contributed by atoms with Crippen LogP contribution < -0.4 is 5.32 Å². The van der Waals surface area contributed by atoms with Crippen LogP contribution in [0.1, 0.15) is 24.2 Å². The van der Waals surface area contributed by atoms with Crippen LogP contribution in [0.15, 0.2) is 6.07 Å². The molecular weight excluding hydrogens is 281 g/mol. The van der Waals surface area contributed by atoms with Gasteiger partial charge in [0.2, 0.25) is 0 Å². The molecule has 1 saturated heterocycles. The van der Waals surface area contributed by atoms with E-state index in [4.69, 9.17) is 0 Å². The van der Waals surface area contributed by atoms with Gasteiger partial charge in [-0.25, -0.2) is 0 Å². The maximum atomic E-state index is 12.3. The molecule has 1 aliphatic heterocycles. The lowest BCUT2D eigenvalue weighted by molar-refractivity contribution is -0.143. The van der Waals surface area contributed by atoms with Crippen LogP contribution >= 0.6 is 0 Å². The molecule has 21 heavy (non-hydrogen) atoms. The van der Waals surface area contributed by atoms with Crippen molar-refractivity contribution >= 4 is 0 Å². The minimum Gasteiger partial charge on any atom is -0.313 e. The number of hydrogen-bond acceptors (Lipinski definition) is 3. The van der Waals surface area contributed by atoms with Gasteiger partial charge in [-0.15, -0.1) is 0 Å². The molecule has 0 bridgehead atoms. The summed E-state index contributed by atoms with van der Waals surface area (Å²) < 4.78 is 38.9. The number of halogens is 3. The molecule has 120 valence electrons. The number of aryl methyl sites for hydroxylation is 3. The molecule has 0 unspecified atom stereocenters. The van der Waals surface area contributed by atoms with Crippen molar-refractivity contribution in [2.24, 2.45) is 0 Å². The monoisotopic (exact) mass is 304 g/mol. The van der Waals surface area contributed by atoms with Crippen LogP contribution in [0.4, 0.5) is 13.2 Å². The lowest BCUT2D eigenvalue weighted by atomic mass is 10.2. The number of nitrogens with zero attached hydrogens (tertiary/aromatic N) is 3. The third-order valence-electron chi connectivity index (χ3n) is 3.76. The fraction of sp³-hybridized carbons (Fsp3) is 0.786. The highest BCUT2D eigenvalue weighted by atomic mass is 19.4. The van der Waals surface area contributed by atoms with E-state index in [2.05, 4.69) is 10.4 Å². The molecule has 0 radical (unpaired) electrons. The smallest absolute Gasteiger partial charge is 0.313 e. The standard InChI is InChI=1S/C14H23F3N4/c1-11-8-12(2)21(19-11)6-3-5-18-13-4-7-20(9-13)10-14(15,16)17/h8,13,18H,3-7,9-10H2,1-2H3/t13-/m0/s1. The quantitative estimate of drug-likeness (QED) is 0.817. The van der Waals surface area contributed by atoms with Crippen LogP contribution in [0.2, 0.25) is 0 Å². The highest BCUT2D eigenvalue weighted by molar-refractivity contribution is 5.06. The molecule has 1 fully saturated rings. The summed E-state index contributed by atoms with van der Waals surface area (Å²) in [6.45, 7) is 5.86. The average molecular weight is 304 g/mol. The SMILES string of the molecule is Cc1cc(C)n(CCCN[C@H]2CCN(CC(F)(F)F)C2)n1. The Kier molecular flexibility index (Phi) is 5.27. The molecule has 2 heterocycles. The Balaban J connectivity index is 1.63. The van der Waals surface area contributed by atoms with Gasteiger partial charge >= 0.3 is 6.18 Å². The van der Waals surface area contributed by atoms with Crippen LogP contribution in [-0.4, -0.2) is 53.1 Å². The van der Waals surface area contributed by atoms with E-state index in [0.717, 1.165) is 37.3 Å². The van der Waals surface area contributed by atoms with Crippen LogP contribution in [0.5, 0.6) is 0 Å². The van der Waals surface area contributed by atoms with Crippen LogP contribution in [-0.2, 0) is 6.54 Å². The maximum Gasteiger partial charge on any atom is 0.401 e. The van der Waals surface area contributed by atoms with E-state index in [1.807, 2.05) is 24.6 Å². The third-order valence-corrected chi connectivity index (χ3v) is 3.76. The molecule has 1 N–H and O–H groups in total. The molecule has 1 aromatic rings. The number of rotatable bonds is 6. The van der Waals surface area contributed by atoms with E-state index < -0.39 is 12.7 Å². The number of aromatic nitrogens is 2.